The van der Waals surface area contributed by atoms with Gasteiger partial charge in [0.1, 0.15) is 0 Å². The maximum Gasteiger partial charge on any atom is -0.0355 e. The van der Waals surface area contributed by atoms with Gasteiger partial charge in [0.15, 0.2) is 0 Å². The lowest BCUT2D eigenvalue weighted by Gasteiger charge is -2.17. The second-order valence-electron chi connectivity index (χ2n) is 3.98. The molecule has 0 aliphatic heterocycles. The molecule has 0 saturated carbocycles. The van der Waals surface area contributed by atoms with Crippen molar-refractivity contribution < 1.29 is 0 Å². The van der Waals surface area contributed by atoms with Crippen molar-refractivity contribution >= 4 is 0 Å². The minimum absolute atomic E-state index is 0.812. The van der Waals surface area contributed by atoms with E-state index in [9.17, 15) is 0 Å². The molecule has 0 heteroatoms. The number of hydrogen-bond donors (Lipinski definition) is 0. The zero-order valence-corrected chi connectivity index (χ0v) is 9.27. The summed E-state index contributed by atoms with van der Waals surface area (Å²) in [6.45, 7) is 9.24. The quantitative estimate of drug-likeness (QED) is 0.494. The minimum Gasteiger partial charge on any atom is -0.0654 e. The van der Waals surface area contributed by atoms with Crippen LogP contribution >= 0.6 is 0 Å². The largest absolute Gasteiger partial charge is 0.0654 e. The van der Waals surface area contributed by atoms with E-state index in [0.29, 0.717) is 0 Å². The van der Waals surface area contributed by atoms with Crippen molar-refractivity contribution in [2.75, 3.05) is 0 Å². The minimum atomic E-state index is 0.812. The first kappa shape index (κ1) is 12.0. The van der Waals surface area contributed by atoms with Crippen LogP contribution < -0.4 is 0 Å². The van der Waals surface area contributed by atoms with Gasteiger partial charge >= 0.3 is 0 Å². The Morgan fingerprint density at radius 1 is 1.08 bits per heavy atom. The summed E-state index contributed by atoms with van der Waals surface area (Å²) in [7, 11) is 0. The Labute approximate surface area is 78.8 Å². The average molecular weight is 169 g/mol. The molecular formula is C12H25. The molecule has 2 atom stereocenters. The summed E-state index contributed by atoms with van der Waals surface area (Å²) >= 11 is 0. The monoisotopic (exact) mass is 169 g/mol. The lowest BCUT2D eigenvalue weighted by Crippen LogP contribution is -2.07. The van der Waals surface area contributed by atoms with Gasteiger partial charge in [0.25, 0.3) is 0 Å². The Bertz CT molecular complexity index is 86.0. The first-order valence-electron chi connectivity index (χ1n) is 5.55. The van der Waals surface area contributed by atoms with Crippen LogP contribution in [-0.2, 0) is 0 Å². The predicted molar refractivity (Wildman–Crippen MR) is 57.1 cm³/mol. The highest BCUT2D eigenvalue weighted by molar-refractivity contribution is 4.76. The predicted octanol–water partition coefficient (Wildman–Crippen LogP) is 4.45. The summed E-state index contributed by atoms with van der Waals surface area (Å²) in [6.07, 6.45) is 9.25. The van der Waals surface area contributed by atoms with Crippen LogP contribution in [0.3, 0.4) is 0 Å². The molecule has 0 N–H and O–H groups in total. The molecule has 73 valence electrons. The fraction of sp³-hybridized carbons (Fsp3) is 0.917. The zero-order valence-electron chi connectivity index (χ0n) is 9.27. The van der Waals surface area contributed by atoms with E-state index in [1.165, 1.54) is 32.1 Å². The Morgan fingerprint density at radius 3 is 2.25 bits per heavy atom. The Balaban J connectivity index is 3.24. The molecule has 0 nitrogen and oxygen atoms in total. The van der Waals surface area contributed by atoms with E-state index in [2.05, 4.69) is 34.1 Å². The van der Waals surface area contributed by atoms with E-state index in [1.807, 2.05) is 0 Å². The van der Waals surface area contributed by atoms with Crippen LogP contribution in [0.4, 0.5) is 0 Å². The number of rotatable bonds is 7. The molecule has 0 aliphatic rings. The molecule has 12 heavy (non-hydrogen) atoms. The summed E-state index contributed by atoms with van der Waals surface area (Å²) in [5.74, 6) is 1.68. The Hall–Kier alpha value is 0. The van der Waals surface area contributed by atoms with Crippen LogP contribution in [0.1, 0.15) is 59.8 Å². The molecule has 0 fully saturated rings. The van der Waals surface area contributed by atoms with Crippen LogP contribution in [0.2, 0.25) is 0 Å². The van der Waals surface area contributed by atoms with Crippen LogP contribution in [0.25, 0.3) is 0 Å². The first-order chi connectivity index (χ1) is 5.72. The normalized spacial score (nSPS) is 16.0. The SMILES string of the molecule is CCCCC[CH]C(C)C(C)CC. The lowest BCUT2D eigenvalue weighted by molar-refractivity contribution is 0.409. The molecule has 0 amide bonds. The molecular weight excluding hydrogens is 144 g/mol. The van der Waals surface area contributed by atoms with Crippen molar-refractivity contribution in [3.05, 3.63) is 6.42 Å². The lowest BCUT2D eigenvalue weighted by atomic mass is 9.89. The van der Waals surface area contributed by atoms with Crippen molar-refractivity contribution in [1.82, 2.24) is 0 Å². The van der Waals surface area contributed by atoms with Crippen molar-refractivity contribution in [3.8, 4) is 0 Å². The van der Waals surface area contributed by atoms with Crippen LogP contribution in [-0.4, -0.2) is 0 Å². The molecule has 0 aliphatic carbocycles. The Morgan fingerprint density at radius 2 is 1.75 bits per heavy atom. The van der Waals surface area contributed by atoms with E-state index in [4.69, 9.17) is 0 Å². The van der Waals surface area contributed by atoms with E-state index in [0.717, 1.165) is 11.8 Å². The third-order valence-electron chi connectivity index (χ3n) is 2.89. The van der Waals surface area contributed by atoms with E-state index in [-0.39, 0.29) is 0 Å². The van der Waals surface area contributed by atoms with Gasteiger partial charge in [-0.05, 0) is 24.7 Å². The summed E-state index contributed by atoms with van der Waals surface area (Å²) < 4.78 is 0. The maximum absolute atomic E-state index is 2.50. The zero-order chi connectivity index (χ0) is 9.40. The summed E-state index contributed by atoms with van der Waals surface area (Å²) in [5, 5.41) is 0. The third-order valence-corrected chi connectivity index (χ3v) is 2.89. The maximum atomic E-state index is 2.50. The van der Waals surface area contributed by atoms with Crippen LogP contribution in [0, 0.1) is 18.3 Å². The van der Waals surface area contributed by atoms with Gasteiger partial charge in [-0.1, -0.05) is 53.4 Å². The average Bonchev–Trinajstić information content (AvgIpc) is 2.10. The molecule has 0 aromatic carbocycles. The highest BCUT2D eigenvalue weighted by atomic mass is 14.1. The van der Waals surface area contributed by atoms with Gasteiger partial charge in [-0.2, -0.15) is 0 Å². The van der Waals surface area contributed by atoms with Gasteiger partial charge in [-0.25, -0.2) is 0 Å². The second kappa shape index (κ2) is 7.64. The van der Waals surface area contributed by atoms with Crippen molar-refractivity contribution in [2.45, 2.75) is 59.8 Å². The van der Waals surface area contributed by atoms with Crippen molar-refractivity contribution in [2.24, 2.45) is 11.8 Å². The third kappa shape index (κ3) is 5.62. The molecule has 0 aromatic heterocycles. The summed E-state index contributed by atoms with van der Waals surface area (Å²) in [5.41, 5.74) is 0. The van der Waals surface area contributed by atoms with Crippen LogP contribution in [0.5, 0.6) is 0 Å². The molecule has 0 rings (SSSR count). The van der Waals surface area contributed by atoms with Gasteiger partial charge in [0.05, 0.1) is 0 Å². The second-order valence-corrected chi connectivity index (χ2v) is 3.98. The first-order valence-corrected chi connectivity index (χ1v) is 5.55. The van der Waals surface area contributed by atoms with Gasteiger partial charge in [0.2, 0.25) is 0 Å². The molecule has 1 radical (unpaired) electrons. The number of unbranched alkanes of at least 4 members (excludes halogenated alkanes) is 3. The smallest absolute Gasteiger partial charge is 0.0355 e. The molecule has 0 saturated heterocycles. The summed E-state index contributed by atoms with van der Waals surface area (Å²) in [6, 6.07) is 0. The van der Waals surface area contributed by atoms with Crippen LogP contribution in [0.15, 0.2) is 0 Å². The van der Waals surface area contributed by atoms with Crippen molar-refractivity contribution in [3.63, 3.8) is 0 Å². The van der Waals surface area contributed by atoms with Gasteiger partial charge in [-0.15, -0.1) is 0 Å². The van der Waals surface area contributed by atoms with E-state index >= 15 is 0 Å². The molecule has 0 aromatic rings. The van der Waals surface area contributed by atoms with E-state index < -0.39 is 0 Å². The summed E-state index contributed by atoms with van der Waals surface area (Å²) in [4.78, 5) is 0. The fourth-order valence-electron chi connectivity index (χ4n) is 1.38. The van der Waals surface area contributed by atoms with Crippen molar-refractivity contribution in [1.29, 1.82) is 0 Å². The molecule has 0 spiro atoms. The van der Waals surface area contributed by atoms with Gasteiger partial charge in [0, 0.05) is 0 Å². The topological polar surface area (TPSA) is 0 Å². The number of hydrogen-bond acceptors (Lipinski definition) is 0. The highest BCUT2D eigenvalue weighted by Gasteiger charge is 2.08. The van der Waals surface area contributed by atoms with E-state index in [1.54, 1.807) is 0 Å². The van der Waals surface area contributed by atoms with Gasteiger partial charge in [-0.3, -0.25) is 0 Å². The standard InChI is InChI=1S/C12H25/c1-5-7-8-9-10-12(4)11(3)6-2/h10-12H,5-9H2,1-4H3. The Kier molecular flexibility index (Phi) is 7.64. The molecule has 0 bridgehead atoms. The van der Waals surface area contributed by atoms with Gasteiger partial charge < -0.3 is 0 Å². The highest BCUT2D eigenvalue weighted by Crippen LogP contribution is 2.19. The molecule has 2 unspecified atom stereocenters. The molecule has 0 heterocycles. The fourth-order valence-corrected chi connectivity index (χ4v) is 1.38.